The van der Waals surface area contributed by atoms with Crippen LogP contribution in [-0.4, -0.2) is 19.3 Å². The molecule has 0 saturated heterocycles. The lowest BCUT2D eigenvalue weighted by Gasteiger charge is -2.16. The van der Waals surface area contributed by atoms with Crippen LogP contribution in [0, 0.1) is 11.3 Å². The van der Waals surface area contributed by atoms with Gasteiger partial charge in [0.25, 0.3) is 0 Å². The number of amides is 1. The fourth-order valence-electron chi connectivity index (χ4n) is 1.20. The third-order valence-electron chi connectivity index (χ3n) is 2.06. The van der Waals surface area contributed by atoms with E-state index in [1.807, 2.05) is 0 Å². The number of nitrogens with zero attached hydrogens (tertiary/aromatic N) is 2. The van der Waals surface area contributed by atoms with Gasteiger partial charge in [-0.1, -0.05) is 0 Å². The predicted octanol–water partition coefficient (Wildman–Crippen LogP) is 2.46. The number of anilines is 1. The maximum Gasteiger partial charge on any atom is 0.573 e. The van der Waals surface area contributed by atoms with Gasteiger partial charge in [0.2, 0.25) is 5.91 Å². The van der Waals surface area contributed by atoms with E-state index in [9.17, 15) is 18.0 Å². The molecular formula is C11H9F3N2O2. The van der Waals surface area contributed by atoms with Crippen molar-refractivity contribution >= 4 is 11.6 Å². The molecule has 4 nitrogen and oxygen atoms in total. The molecule has 0 aliphatic rings. The second kappa shape index (κ2) is 5.40. The zero-order chi connectivity index (χ0) is 13.8. The normalized spacial score (nSPS) is 10.6. The van der Waals surface area contributed by atoms with Crippen molar-refractivity contribution in [3.63, 3.8) is 0 Å². The Hall–Kier alpha value is -2.23. The standard InChI is InChI=1S/C11H9F3N2O2/c1-16(10(17)6-7-15)8-2-4-9(5-3-8)18-11(12,13)14/h2-5H,6H2,1H3. The number of carbonyl (C=O) groups is 1. The van der Waals surface area contributed by atoms with Gasteiger partial charge in [-0.2, -0.15) is 5.26 Å². The Morgan fingerprint density at radius 3 is 2.39 bits per heavy atom. The molecule has 0 fully saturated rings. The summed E-state index contributed by atoms with van der Waals surface area (Å²) in [6.45, 7) is 0. The Kier molecular flexibility index (Phi) is 4.15. The Bertz CT molecular complexity index is 463. The molecule has 0 unspecified atom stereocenters. The minimum absolute atomic E-state index is 0.294. The van der Waals surface area contributed by atoms with E-state index in [1.165, 1.54) is 24.1 Å². The van der Waals surface area contributed by atoms with Crippen LogP contribution in [-0.2, 0) is 4.79 Å². The predicted molar refractivity (Wildman–Crippen MR) is 56.8 cm³/mol. The molecule has 1 aromatic carbocycles. The summed E-state index contributed by atoms with van der Waals surface area (Å²) in [6.07, 6.45) is -5.04. The smallest absolute Gasteiger partial charge is 0.406 e. The van der Waals surface area contributed by atoms with Gasteiger partial charge in [-0.3, -0.25) is 4.79 Å². The number of carbonyl (C=O) groups excluding carboxylic acids is 1. The van der Waals surface area contributed by atoms with Crippen LogP contribution in [0.5, 0.6) is 5.75 Å². The molecule has 1 aromatic rings. The molecule has 0 saturated carbocycles. The molecule has 96 valence electrons. The van der Waals surface area contributed by atoms with Crippen molar-refractivity contribution in [1.29, 1.82) is 5.26 Å². The van der Waals surface area contributed by atoms with E-state index in [2.05, 4.69) is 4.74 Å². The Balaban J connectivity index is 2.77. The average molecular weight is 258 g/mol. The zero-order valence-electron chi connectivity index (χ0n) is 9.36. The van der Waals surface area contributed by atoms with Gasteiger partial charge < -0.3 is 9.64 Å². The summed E-state index contributed by atoms with van der Waals surface area (Å²) in [6, 6.07) is 6.49. The van der Waals surface area contributed by atoms with Gasteiger partial charge in [-0.25, -0.2) is 0 Å². The highest BCUT2D eigenvalue weighted by atomic mass is 19.4. The maximum atomic E-state index is 11.9. The third-order valence-corrected chi connectivity index (χ3v) is 2.06. The highest BCUT2D eigenvalue weighted by Gasteiger charge is 2.31. The number of alkyl halides is 3. The summed E-state index contributed by atoms with van der Waals surface area (Å²) in [5.74, 6) is -0.811. The second-order valence-electron chi connectivity index (χ2n) is 3.33. The van der Waals surface area contributed by atoms with Crippen molar-refractivity contribution in [1.82, 2.24) is 0 Å². The summed E-state index contributed by atoms with van der Waals surface area (Å²) < 4.78 is 39.4. The minimum Gasteiger partial charge on any atom is -0.406 e. The van der Waals surface area contributed by atoms with Crippen molar-refractivity contribution in [3.05, 3.63) is 24.3 Å². The Morgan fingerprint density at radius 1 is 1.39 bits per heavy atom. The van der Waals surface area contributed by atoms with Crippen LogP contribution in [0.1, 0.15) is 6.42 Å². The molecule has 0 heterocycles. The third kappa shape index (κ3) is 3.97. The van der Waals surface area contributed by atoms with Crippen LogP contribution in [0.2, 0.25) is 0 Å². The van der Waals surface area contributed by atoms with Gasteiger partial charge in [0, 0.05) is 12.7 Å². The number of halogens is 3. The molecule has 0 bridgehead atoms. The minimum atomic E-state index is -4.75. The molecular weight excluding hydrogens is 249 g/mol. The van der Waals surface area contributed by atoms with Gasteiger partial charge in [0.15, 0.2) is 0 Å². The fourth-order valence-corrected chi connectivity index (χ4v) is 1.20. The number of hydrogen-bond donors (Lipinski definition) is 0. The monoisotopic (exact) mass is 258 g/mol. The summed E-state index contributed by atoms with van der Waals surface area (Å²) in [5.41, 5.74) is 0.379. The van der Waals surface area contributed by atoms with Crippen molar-refractivity contribution < 1.29 is 22.7 Å². The number of hydrogen-bond acceptors (Lipinski definition) is 3. The van der Waals surface area contributed by atoms with Crippen molar-refractivity contribution in [3.8, 4) is 11.8 Å². The number of rotatable bonds is 3. The first kappa shape index (κ1) is 13.8. The Morgan fingerprint density at radius 2 is 1.94 bits per heavy atom. The molecule has 1 amide bonds. The maximum absolute atomic E-state index is 11.9. The van der Waals surface area contributed by atoms with Crippen LogP contribution in [0.4, 0.5) is 18.9 Å². The van der Waals surface area contributed by atoms with Crippen molar-refractivity contribution in [2.24, 2.45) is 0 Å². The molecule has 0 spiro atoms. The lowest BCUT2D eigenvalue weighted by Crippen LogP contribution is -2.25. The van der Waals surface area contributed by atoms with E-state index >= 15 is 0 Å². The number of ether oxygens (including phenoxy) is 1. The van der Waals surface area contributed by atoms with Gasteiger partial charge >= 0.3 is 6.36 Å². The van der Waals surface area contributed by atoms with Crippen molar-refractivity contribution in [2.75, 3.05) is 11.9 Å². The van der Waals surface area contributed by atoms with Gasteiger partial charge in [0.05, 0.1) is 6.07 Å². The molecule has 0 atom stereocenters. The lowest BCUT2D eigenvalue weighted by molar-refractivity contribution is -0.274. The summed E-state index contributed by atoms with van der Waals surface area (Å²) in [5, 5.41) is 8.36. The van der Waals surface area contributed by atoms with Crippen LogP contribution < -0.4 is 9.64 Å². The highest BCUT2D eigenvalue weighted by molar-refractivity contribution is 5.94. The SMILES string of the molecule is CN(C(=O)CC#N)c1ccc(OC(F)(F)F)cc1. The lowest BCUT2D eigenvalue weighted by atomic mass is 10.2. The molecule has 18 heavy (non-hydrogen) atoms. The van der Waals surface area contributed by atoms with E-state index in [4.69, 9.17) is 5.26 Å². The van der Waals surface area contributed by atoms with E-state index in [1.54, 1.807) is 6.07 Å². The van der Waals surface area contributed by atoms with E-state index in [0.717, 1.165) is 12.1 Å². The summed E-state index contributed by atoms with van der Waals surface area (Å²) >= 11 is 0. The van der Waals surface area contributed by atoms with Crippen molar-refractivity contribution in [2.45, 2.75) is 12.8 Å². The molecule has 0 N–H and O–H groups in total. The molecule has 1 rings (SSSR count). The first-order chi connectivity index (χ1) is 8.33. The van der Waals surface area contributed by atoms with E-state index < -0.39 is 12.3 Å². The second-order valence-corrected chi connectivity index (χ2v) is 3.33. The van der Waals surface area contributed by atoms with Crippen LogP contribution in [0.25, 0.3) is 0 Å². The molecule has 0 aliphatic carbocycles. The van der Waals surface area contributed by atoms with Gasteiger partial charge in [0.1, 0.15) is 12.2 Å². The fraction of sp³-hybridized carbons (Fsp3) is 0.273. The highest BCUT2D eigenvalue weighted by Crippen LogP contribution is 2.25. The van der Waals surface area contributed by atoms with Crippen LogP contribution in [0.3, 0.4) is 0 Å². The first-order valence-corrected chi connectivity index (χ1v) is 4.83. The first-order valence-electron chi connectivity index (χ1n) is 4.83. The van der Waals surface area contributed by atoms with E-state index in [0.29, 0.717) is 5.69 Å². The Labute approximate surface area is 101 Å². The summed E-state index contributed by atoms with van der Waals surface area (Å²) in [7, 11) is 1.43. The quantitative estimate of drug-likeness (QED) is 0.836. The molecule has 0 aliphatic heterocycles. The van der Waals surface area contributed by atoms with Gasteiger partial charge in [-0.15, -0.1) is 13.2 Å². The average Bonchev–Trinajstić information content (AvgIpc) is 2.27. The molecule has 0 aromatic heterocycles. The molecule has 0 radical (unpaired) electrons. The largest absolute Gasteiger partial charge is 0.573 e. The van der Waals surface area contributed by atoms with Gasteiger partial charge in [-0.05, 0) is 24.3 Å². The van der Waals surface area contributed by atoms with Crippen LogP contribution in [0.15, 0.2) is 24.3 Å². The topological polar surface area (TPSA) is 53.3 Å². The summed E-state index contributed by atoms with van der Waals surface area (Å²) in [4.78, 5) is 12.5. The number of benzene rings is 1. The molecule has 7 heteroatoms. The number of nitriles is 1. The zero-order valence-corrected chi connectivity index (χ0v) is 9.36. The van der Waals surface area contributed by atoms with E-state index in [-0.39, 0.29) is 12.2 Å². The van der Waals surface area contributed by atoms with Crippen LogP contribution >= 0.6 is 0 Å².